The van der Waals surface area contributed by atoms with Crippen LogP contribution in [0.15, 0.2) is 22.7 Å². The van der Waals surface area contributed by atoms with Crippen LogP contribution in [0, 0.1) is 0 Å². The second-order valence-corrected chi connectivity index (χ2v) is 5.19. The predicted molar refractivity (Wildman–Crippen MR) is 72.5 cm³/mol. The highest BCUT2D eigenvalue weighted by Crippen LogP contribution is 2.33. The molecule has 0 spiro atoms. The topological polar surface area (TPSA) is 56.7 Å². The number of hydrogen-bond donors (Lipinski definition) is 1. The largest absolute Gasteiger partial charge is 0.416 e. The molecule has 8 heteroatoms. The Labute approximate surface area is 121 Å². The van der Waals surface area contributed by atoms with Crippen LogP contribution >= 0.6 is 15.9 Å². The zero-order valence-corrected chi connectivity index (χ0v) is 12.2. The van der Waals surface area contributed by atoms with Crippen molar-refractivity contribution >= 4 is 21.7 Å². The van der Waals surface area contributed by atoms with Gasteiger partial charge in [-0.05, 0) is 24.6 Å². The maximum atomic E-state index is 12.8. The average molecular weight is 349 g/mol. The fourth-order valence-corrected chi connectivity index (χ4v) is 2.33. The van der Waals surface area contributed by atoms with Crippen molar-refractivity contribution in [3.8, 4) is 5.69 Å². The summed E-state index contributed by atoms with van der Waals surface area (Å²) >= 11 is 3.08. The van der Waals surface area contributed by atoms with Gasteiger partial charge in [-0.2, -0.15) is 13.2 Å². The summed E-state index contributed by atoms with van der Waals surface area (Å²) < 4.78 is 40.1. The van der Waals surface area contributed by atoms with Gasteiger partial charge in [0.15, 0.2) is 5.82 Å². The highest BCUT2D eigenvalue weighted by molar-refractivity contribution is 9.10. The maximum Gasteiger partial charge on any atom is 0.416 e. The minimum Gasteiger partial charge on any atom is -0.381 e. The minimum absolute atomic E-state index is 0.236. The summed E-state index contributed by atoms with van der Waals surface area (Å²) in [5.74, 6) is 0.236. The van der Waals surface area contributed by atoms with E-state index in [1.165, 1.54) is 4.68 Å². The highest BCUT2D eigenvalue weighted by atomic mass is 79.9. The third-order valence-corrected chi connectivity index (χ3v) is 3.19. The lowest BCUT2D eigenvalue weighted by Crippen LogP contribution is -2.09. The number of nitrogens with zero attached hydrogens (tertiary/aromatic N) is 3. The molecule has 2 aromatic rings. The molecule has 108 valence electrons. The van der Waals surface area contributed by atoms with Crippen LogP contribution in [0.4, 0.5) is 19.0 Å². The lowest BCUT2D eigenvalue weighted by molar-refractivity contribution is -0.137. The smallest absolute Gasteiger partial charge is 0.381 e. The number of rotatable bonds is 3. The number of nitrogen functional groups attached to an aromatic ring is 1. The molecule has 0 aliphatic heterocycles. The molecule has 0 amide bonds. The molecule has 0 atom stereocenters. The lowest BCUT2D eigenvalue weighted by atomic mass is 10.2. The van der Waals surface area contributed by atoms with Crippen LogP contribution < -0.4 is 5.73 Å². The first kappa shape index (κ1) is 14.8. The third-order valence-electron chi connectivity index (χ3n) is 2.73. The highest BCUT2D eigenvalue weighted by Gasteiger charge is 2.31. The number of anilines is 1. The number of halogens is 4. The standard InChI is InChI=1S/C12H12BrF3N4/c1-2-3-10-11(17)18-19-20(10)9-5-7(12(14,15)16)4-8(13)6-9/h4-6H,2-3,17H2,1H3. The SMILES string of the molecule is CCCc1c(N)nnn1-c1cc(Br)cc(C(F)(F)F)c1. The van der Waals surface area contributed by atoms with Gasteiger partial charge in [-0.3, -0.25) is 0 Å². The van der Waals surface area contributed by atoms with Gasteiger partial charge in [-0.1, -0.05) is 34.5 Å². The molecule has 20 heavy (non-hydrogen) atoms. The molecule has 0 aliphatic carbocycles. The zero-order chi connectivity index (χ0) is 14.9. The van der Waals surface area contributed by atoms with Crippen molar-refractivity contribution < 1.29 is 13.2 Å². The van der Waals surface area contributed by atoms with E-state index >= 15 is 0 Å². The molecular weight excluding hydrogens is 337 g/mol. The predicted octanol–water partition coefficient (Wildman–Crippen LogP) is 3.58. The Kier molecular flexibility index (Phi) is 4.03. The van der Waals surface area contributed by atoms with Gasteiger partial charge in [-0.15, -0.1) is 5.10 Å². The molecule has 0 fully saturated rings. The summed E-state index contributed by atoms with van der Waals surface area (Å²) in [5.41, 5.74) is 5.83. The molecule has 0 saturated heterocycles. The number of alkyl halides is 3. The number of hydrogen-bond acceptors (Lipinski definition) is 3. The van der Waals surface area contributed by atoms with Gasteiger partial charge in [0, 0.05) is 4.47 Å². The Morgan fingerprint density at radius 3 is 2.60 bits per heavy atom. The molecule has 1 aromatic carbocycles. The summed E-state index contributed by atoms with van der Waals surface area (Å²) in [5, 5.41) is 7.55. The van der Waals surface area contributed by atoms with Gasteiger partial charge < -0.3 is 5.73 Å². The third kappa shape index (κ3) is 2.95. The van der Waals surface area contributed by atoms with E-state index in [0.717, 1.165) is 18.6 Å². The van der Waals surface area contributed by atoms with E-state index in [4.69, 9.17) is 5.73 Å². The number of aromatic nitrogens is 3. The van der Waals surface area contributed by atoms with Gasteiger partial charge in [-0.25, -0.2) is 4.68 Å². The molecular formula is C12H12BrF3N4. The summed E-state index contributed by atoms with van der Waals surface area (Å²) in [4.78, 5) is 0. The number of nitrogens with two attached hydrogens (primary N) is 1. The van der Waals surface area contributed by atoms with Crippen molar-refractivity contribution in [2.75, 3.05) is 5.73 Å². The molecule has 0 unspecified atom stereocenters. The van der Waals surface area contributed by atoms with E-state index in [-0.39, 0.29) is 11.5 Å². The molecule has 0 aliphatic rings. The molecule has 0 radical (unpaired) electrons. The van der Waals surface area contributed by atoms with E-state index < -0.39 is 11.7 Å². The van der Waals surface area contributed by atoms with Crippen molar-refractivity contribution in [1.82, 2.24) is 15.0 Å². The normalized spacial score (nSPS) is 11.8. The number of benzene rings is 1. The summed E-state index contributed by atoms with van der Waals surface area (Å²) in [6.45, 7) is 1.94. The van der Waals surface area contributed by atoms with E-state index in [1.807, 2.05) is 6.92 Å². The molecule has 0 bridgehead atoms. The summed E-state index contributed by atoms with van der Waals surface area (Å²) in [7, 11) is 0. The first-order valence-corrected chi connectivity index (χ1v) is 6.70. The van der Waals surface area contributed by atoms with Crippen molar-refractivity contribution in [2.24, 2.45) is 0 Å². The van der Waals surface area contributed by atoms with Crippen LogP contribution in [-0.2, 0) is 12.6 Å². The molecule has 1 aromatic heterocycles. The van der Waals surface area contributed by atoms with Gasteiger partial charge in [0.25, 0.3) is 0 Å². The van der Waals surface area contributed by atoms with Crippen LogP contribution in [0.2, 0.25) is 0 Å². The lowest BCUT2D eigenvalue weighted by Gasteiger charge is -2.11. The first-order chi connectivity index (χ1) is 9.32. The van der Waals surface area contributed by atoms with E-state index in [1.54, 1.807) is 6.07 Å². The Hall–Kier alpha value is -1.57. The van der Waals surface area contributed by atoms with Crippen LogP contribution in [0.3, 0.4) is 0 Å². The van der Waals surface area contributed by atoms with Gasteiger partial charge in [0.05, 0.1) is 16.9 Å². The van der Waals surface area contributed by atoms with Gasteiger partial charge >= 0.3 is 6.18 Å². The second kappa shape index (κ2) is 5.43. The van der Waals surface area contributed by atoms with Crippen molar-refractivity contribution in [1.29, 1.82) is 0 Å². The Morgan fingerprint density at radius 2 is 2.00 bits per heavy atom. The Morgan fingerprint density at radius 1 is 1.30 bits per heavy atom. The second-order valence-electron chi connectivity index (χ2n) is 4.28. The molecule has 2 rings (SSSR count). The van der Waals surface area contributed by atoms with Crippen LogP contribution in [0.1, 0.15) is 24.6 Å². The van der Waals surface area contributed by atoms with E-state index in [2.05, 4.69) is 26.2 Å². The monoisotopic (exact) mass is 348 g/mol. The zero-order valence-electron chi connectivity index (χ0n) is 10.6. The van der Waals surface area contributed by atoms with Gasteiger partial charge in [0.1, 0.15) is 0 Å². The quantitative estimate of drug-likeness (QED) is 0.922. The fourth-order valence-electron chi connectivity index (χ4n) is 1.85. The van der Waals surface area contributed by atoms with Crippen LogP contribution in [-0.4, -0.2) is 15.0 Å². The molecule has 2 N–H and O–H groups in total. The molecule has 0 saturated carbocycles. The molecule has 4 nitrogen and oxygen atoms in total. The molecule has 1 heterocycles. The maximum absolute atomic E-state index is 12.8. The van der Waals surface area contributed by atoms with Gasteiger partial charge in [0.2, 0.25) is 0 Å². The first-order valence-electron chi connectivity index (χ1n) is 5.91. The van der Waals surface area contributed by atoms with E-state index in [9.17, 15) is 13.2 Å². The minimum atomic E-state index is -4.42. The average Bonchev–Trinajstić information content (AvgIpc) is 2.70. The van der Waals surface area contributed by atoms with Crippen LogP contribution in [0.5, 0.6) is 0 Å². The van der Waals surface area contributed by atoms with Crippen LogP contribution in [0.25, 0.3) is 5.69 Å². The van der Waals surface area contributed by atoms with E-state index in [0.29, 0.717) is 16.6 Å². The summed E-state index contributed by atoms with van der Waals surface area (Å²) in [6, 6.07) is 3.59. The summed E-state index contributed by atoms with van der Waals surface area (Å²) in [6.07, 6.45) is -3.04. The Bertz CT molecular complexity index is 622. The van der Waals surface area contributed by atoms with Crippen molar-refractivity contribution in [3.63, 3.8) is 0 Å². The van der Waals surface area contributed by atoms with Crippen molar-refractivity contribution in [3.05, 3.63) is 33.9 Å². The van der Waals surface area contributed by atoms with Crippen molar-refractivity contribution in [2.45, 2.75) is 25.9 Å². The Balaban J connectivity index is 2.56. The fraction of sp³-hybridized carbons (Fsp3) is 0.333.